The van der Waals surface area contributed by atoms with Gasteiger partial charge >= 0.3 is 5.89 Å². The summed E-state index contributed by atoms with van der Waals surface area (Å²) in [5.74, 6) is 0.342. The van der Waals surface area contributed by atoms with Crippen molar-refractivity contribution in [3.63, 3.8) is 0 Å². The molecule has 2 aromatic heterocycles. The molecule has 0 saturated carbocycles. The Bertz CT molecular complexity index is 1140. The molecular weight excluding hydrogens is 349 g/mol. The number of methoxy groups -OCH3 is 1. The second-order valence-corrected chi connectivity index (χ2v) is 6.14. The van der Waals surface area contributed by atoms with E-state index in [9.17, 15) is 4.39 Å². The van der Waals surface area contributed by atoms with E-state index in [1.807, 2.05) is 26.0 Å². The van der Waals surface area contributed by atoms with E-state index in [1.165, 1.54) is 13.2 Å². The van der Waals surface area contributed by atoms with E-state index >= 15 is 0 Å². The Hall–Kier alpha value is -3.48. The van der Waals surface area contributed by atoms with Crippen LogP contribution in [0.1, 0.15) is 16.7 Å². The van der Waals surface area contributed by atoms with Gasteiger partial charge in [0.1, 0.15) is 17.1 Å². The van der Waals surface area contributed by atoms with Crippen molar-refractivity contribution in [2.24, 2.45) is 0 Å². The van der Waals surface area contributed by atoms with Crippen molar-refractivity contribution in [1.82, 2.24) is 15.1 Å². The molecule has 4 rings (SSSR count). The lowest BCUT2D eigenvalue weighted by Crippen LogP contribution is -1.92. The predicted octanol–water partition coefficient (Wildman–Crippen LogP) is 4.92. The first-order valence-electron chi connectivity index (χ1n) is 8.22. The number of ether oxygens (including phenoxy) is 1. The third-order valence-corrected chi connectivity index (χ3v) is 4.33. The summed E-state index contributed by atoms with van der Waals surface area (Å²) >= 11 is 0. The molecule has 0 bridgehead atoms. The van der Waals surface area contributed by atoms with Crippen molar-refractivity contribution in [2.45, 2.75) is 13.8 Å². The lowest BCUT2D eigenvalue weighted by molar-refractivity contribution is 0.368. The fraction of sp³-hybridized carbons (Fsp3) is 0.150. The third-order valence-electron chi connectivity index (χ3n) is 4.33. The normalized spacial score (nSPS) is 11.1. The van der Waals surface area contributed by atoms with Crippen molar-refractivity contribution in [1.29, 1.82) is 0 Å². The monoisotopic (exact) mass is 365 g/mol. The van der Waals surface area contributed by atoms with Crippen molar-refractivity contribution in [3.05, 3.63) is 59.4 Å². The molecule has 0 radical (unpaired) electrons. The van der Waals surface area contributed by atoms with Crippen LogP contribution < -0.4 is 0 Å². The summed E-state index contributed by atoms with van der Waals surface area (Å²) in [7, 11) is 1.44. The summed E-state index contributed by atoms with van der Waals surface area (Å²) in [6.07, 6.45) is 0. The van der Waals surface area contributed by atoms with Gasteiger partial charge in [0.15, 0.2) is 5.58 Å². The quantitative estimate of drug-likeness (QED) is 0.478. The highest BCUT2D eigenvalue weighted by atomic mass is 19.1. The van der Waals surface area contributed by atoms with Crippen LogP contribution in [0.3, 0.4) is 0 Å². The molecule has 0 spiro atoms. The average Bonchev–Trinajstić information content (AvgIpc) is 3.31. The van der Waals surface area contributed by atoms with Gasteiger partial charge in [-0.1, -0.05) is 29.9 Å². The molecule has 136 valence electrons. The maximum Gasteiger partial charge on any atom is 0.314 e. The van der Waals surface area contributed by atoms with E-state index in [2.05, 4.69) is 21.7 Å². The first-order chi connectivity index (χ1) is 13.0. The zero-order valence-electron chi connectivity index (χ0n) is 15.0. The van der Waals surface area contributed by atoms with E-state index in [-0.39, 0.29) is 28.9 Å². The van der Waals surface area contributed by atoms with Crippen LogP contribution >= 0.6 is 0 Å². The molecule has 2 heterocycles. The second-order valence-electron chi connectivity index (χ2n) is 6.14. The van der Waals surface area contributed by atoms with E-state index in [0.717, 1.165) is 16.6 Å². The third kappa shape index (κ3) is 2.87. The van der Waals surface area contributed by atoms with Crippen LogP contribution in [-0.2, 0) is 4.74 Å². The maximum atomic E-state index is 14.3. The second kappa shape index (κ2) is 6.35. The van der Waals surface area contributed by atoms with Crippen LogP contribution in [0.4, 0.5) is 4.39 Å². The van der Waals surface area contributed by atoms with Crippen LogP contribution in [0.5, 0.6) is 0 Å². The number of aromatic nitrogens is 3. The Labute approximate surface area is 154 Å². The standard InChI is InChI=1S/C20H16FN3O3/c1-10-5-6-11(2)17-16(10)22-19(26-17)20-23-18(24-27-20)13-7-8-14(12(3)25-4)15(21)9-13/h5-9H,3H2,1-2,4H3. The van der Waals surface area contributed by atoms with Gasteiger partial charge in [0.2, 0.25) is 5.82 Å². The Kier molecular flexibility index (Phi) is 3.99. The summed E-state index contributed by atoms with van der Waals surface area (Å²) in [5, 5.41) is 3.91. The molecule has 2 aromatic carbocycles. The minimum atomic E-state index is -0.487. The van der Waals surface area contributed by atoms with Gasteiger partial charge in [0.05, 0.1) is 12.7 Å². The van der Waals surface area contributed by atoms with Crippen molar-refractivity contribution in [2.75, 3.05) is 7.11 Å². The number of aryl methyl sites for hydroxylation is 2. The summed E-state index contributed by atoms with van der Waals surface area (Å²) in [4.78, 5) is 8.74. The molecule has 0 saturated heterocycles. The summed E-state index contributed by atoms with van der Waals surface area (Å²) in [5.41, 5.74) is 4.11. The highest BCUT2D eigenvalue weighted by Crippen LogP contribution is 2.29. The molecule has 0 atom stereocenters. The minimum absolute atomic E-state index is 0.130. The lowest BCUT2D eigenvalue weighted by Gasteiger charge is -2.06. The number of halogens is 1. The van der Waals surface area contributed by atoms with Crippen molar-refractivity contribution < 1.29 is 18.1 Å². The molecule has 0 aliphatic rings. The van der Waals surface area contributed by atoms with Gasteiger partial charge in [-0.2, -0.15) is 4.98 Å². The number of oxazole rings is 1. The Balaban J connectivity index is 1.72. The van der Waals surface area contributed by atoms with Crippen LogP contribution in [-0.4, -0.2) is 22.2 Å². The first-order valence-corrected chi connectivity index (χ1v) is 8.22. The van der Waals surface area contributed by atoms with Gasteiger partial charge in [0.25, 0.3) is 5.89 Å². The van der Waals surface area contributed by atoms with Crippen molar-refractivity contribution >= 4 is 16.9 Å². The smallest absolute Gasteiger partial charge is 0.314 e. The van der Waals surface area contributed by atoms with Crippen LogP contribution in [0, 0.1) is 19.7 Å². The van der Waals surface area contributed by atoms with E-state index in [1.54, 1.807) is 12.1 Å². The molecule has 4 aromatic rings. The van der Waals surface area contributed by atoms with Gasteiger partial charge < -0.3 is 13.7 Å². The summed E-state index contributed by atoms with van der Waals surface area (Å²) < 4.78 is 30.3. The fourth-order valence-electron chi connectivity index (χ4n) is 2.77. The number of rotatable bonds is 4. The molecular formula is C20H16FN3O3. The van der Waals surface area contributed by atoms with Crippen LogP contribution in [0.15, 0.2) is 45.9 Å². The molecule has 7 heteroatoms. The molecule has 27 heavy (non-hydrogen) atoms. The number of benzene rings is 2. The molecule has 0 unspecified atom stereocenters. The molecule has 0 aliphatic heterocycles. The van der Waals surface area contributed by atoms with Gasteiger partial charge in [-0.15, -0.1) is 0 Å². The van der Waals surface area contributed by atoms with Gasteiger partial charge in [-0.05, 0) is 37.1 Å². The fourth-order valence-corrected chi connectivity index (χ4v) is 2.77. The lowest BCUT2D eigenvalue weighted by atomic mass is 10.1. The maximum absolute atomic E-state index is 14.3. The van der Waals surface area contributed by atoms with E-state index in [0.29, 0.717) is 11.1 Å². The largest absolute Gasteiger partial charge is 0.497 e. The Morgan fingerprint density at radius 3 is 2.56 bits per heavy atom. The van der Waals surface area contributed by atoms with Gasteiger partial charge in [-0.25, -0.2) is 9.37 Å². The van der Waals surface area contributed by atoms with Gasteiger partial charge in [-0.3, -0.25) is 0 Å². The number of hydrogen-bond donors (Lipinski definition) is 0. The van der Waals surface area contributed by atoms with Crippen LogP contribution in [0.25, 0.3) is 40.0 Å². The zero-order valence-corrected chi connectivity index (χ0v) is 15.0. The molecule has 0 N–H and O–H groups in total. The average molecular weight is 365 g/mol. The van der Waals surface area contributed by atoms with Crippen LogP contribution in [0.2, 0.25) is 0 Å². The molecule has 6 nitrogen and oxygen atoms in total. The highest BCUT2D eigenvalue weighted by molar-refractivity contribution is 5.81. The van der Waals surface area contributed by atoms with E-state index < -0.39 is 5.82 Å². The first kappa shape index (κ1) is 17.0. The van der Waals surface area contributed by atoms with Crippen molar-refractivity contribution in [3.8, 4) is 23.2 Å². The molecule has 0 amide bonds. The number of hydrogen-bond acceptors (Lipinski definition) is 6. The summed E-state index contributed by atoms with van der Waals surface area (Å²) in [6.45, 7) is 7.54. The predicted molar refractivity (Wildman–Crippen MR) is 98.2 cm³/mol. The topological polar surface area (TPSA) is 74.2 Å². The number of fused-ring (bicyclic) bond motifs is 1. The Morgan fingerprint density at radius 1 is 1.07 bits per heavy atom. The zero-order chi connectivity index (χ0) is 19.1. The summed E-state index contributed by atoms with van der Waals surface area (Å²) in [6, 6.07) is 8.45. The Morgan fingerprint density at radius 2 is 1.85 bits per heavy atom. The molecule has 0 fully saturated rings. The van der Waals surface area contributed by atoms with Gasteiger partial charge in [0, 0.05) is 5.56 Å². The SMILES string of the molecule is C=C(OC)c1ccc(-c2noc(-c3nc4c(C)ccc(C)c4o3)n2)cc1F. The number of nitrogens with zero attached hydrogens (tertiary/aromatic N) is 3. The molecule has 0 aliphatic carbocycles. The highest BCUT2D eigenvalue weighted by Gasteiger charge is 2.19. The van der Waals surface area contributed by atoms with E-state index in [4.69, 9.17) is 13.7 Å². The minimum Gasteiger partial charge on any atom is -0.497 e.